The molecule has 2 aromatic rings. The number of hydrogen-bond acceptors (Lipinski definition) is 8. The molecule has 1 aromatic heterocycles. The van der Waals surface area contributed by atoms with Crippen LogP contribution in [0.15, 0.2) is 48.7 Å². The van der Waals surface area contributed by atoms with E-state index in [9.17, 15) is 0 Å². The van der Waals surface area contributed by atoms with Gasteiger partial charge in [-0.15, -0.1) is 0 Å². The molecule has 0 aliphatic carbocycles. The van der Waals surface area contributed by atoms with Gasteiger partial charge in [0, 0.05) is 18.0 Å². The Morgan fingerprint density at radius 2 is 1.00 bits per heavy atom. The zero-order valence-electron chi connectivity index (χ0n) is 28.1. The van der Waals surface area contributed by atoms with E-state index in [4.69, 9.17) is 37.6 Å². The van der Waals surface area contributed by atoms with E-state index in [0.717, 1.165) is 11.3 Å². The van der Waals surface area contributed by atoms with E-state index >= 15 is 0 Å². The van der Waals surface area contributed by atoms with Crippen LogP contribution in [-0.2, 0) is 41.0 Å². The van der Waals surface area contributed by atoms with Gasteiger partial charge in [-0.1, -0.05) is 30.3 Å². The molecule has 1 aromatic carbocycles. The number of ether oxygens (including phenoxy) is 1. The number of benzene rings is 1. The van der Waals surface area contributed by atoms with Gasteiger partial charge < -0.3 is 32.7 Å². The van der Waals surface area contributed by atoms with Gasteiger partial charge in [-0.3, -0.25) is 4.98 Å². The third-order valence-electron chi connectivity index (χ3n) is 10.6. The summed E-state index contributed by atoms with van der Waals surface area (Å²) >= 11 is 0. The van der Waals surface area contributed by atoms with Crippen LogP contribution in [0.25, 0.3) is 0 Å². The fourth-order valence-electron chi connectivity index (χ4n) is 5.47. The van der Waals surface area contributed by atoms with Crippen molar-refractivity contribution < 1.29 is 32.7 Å². The number of rotatable bonds is 8. The molecule has 8 nitrogen and oxygen atoms in total. The molecule has 3 fully saturated rings. The number of pyridine rings is 1. The molecule has 0 atom stereocenters. The maximum atomic E-state index is 6.83. The first-order valence-corrected chi connectivity index (χ1v) is 15.4. The maximum Gasteiger partial charge on any atom is 0.460 e. The normalized spacial score (nSPS) is 24.9. The second kappa shape index (κ2) is 10.6. The van der Waals surface area contributed by atoms with Gasteiger partial charge in [0.1, 0.15) is 12.4 Å². The second-order valence-corrected chi connectivity index (χ2v) is 15.3. The molecule has 3 aliphatic rings. The first kappa shape index (κ1) is 32.5. The van der Waals surface area contributed by atoms with Crippen molar-refractivity contribution in [3.63, 3.8) is 0 Å². The summed E-state index contributed by atoms with van der Waals surface area (Å²) in [6, 6.07) is 13.9. The first-order valence-electron chi connectivity index (χ1n) is 15.4. The fourth-order valence-corrected chi connectivity index (χ4v) is 5.47. The summed E-state index contributed by atoms with van der Waals surface area (Å²) in [7, 11) is -2.42. The lowest BCUT2D eigenvalue weighted by molar-refractivity contribution is 0.00578. The summed E-state index contributed by atoms with van der Waals surface area (Å²) in [6.45, 7) is 25.0. The fraction of sp³-hybridized carbons (Fsp3) is 0.656. The highest BCUT2D eigenvalue weighted by Crippen LogP contribution is 2.57. The summed E-state index contributed by atoms with van der Waals surface area (Å²) < 4.78 is 47.2. The molecule has 232 valence electrons. The van der Waals surface area contributed by atoms with Crippen LogP contribution in [0.3, 0.4) is 0 Å². The van der Waals surface area contributed by atoms with Crippen molar-refractivity contribution in [3.8, 4) is 5.75 Å². The molecule has 0 N–H and O–H groups in total. The van der Waals surface area contributed by atoms with Crippen LogP contribution in [0.1, 0.15) is 94.3 Å². The van der Waals surface area contributed by atoms with Gasteiger partial charge in [-0.05, 0) is 101 Å². The molecule has 3 saturated heterocycles. The molecule has 0 saturated carbocycles. The molecule has 0 bridgehead atoms. The lowest BCUT2D eigenvalue weighted by Crippen LogP contribution is -2.60. The second-order valence-electron chi connectivity index (χ2n) is 15.3. The van der Waals surface area contributed by atoms with E-state index in [1.807, 2.05) is 126 Å². The zero-order valence-corrected chi connectivity index (χ0v) is 28.1. The van der Waals surface area contributed by atoms with E-state index in [-0.39, 0.29) is 0 Å². The minimum atomic E-state index is -1.12. The molecule has 11 heteroatoms. The quantitative estimate of drug-likeness (QED) is 0.332. The van der Waals surface area contributed by atoms with E-state index in [2.05, 4.69) is 0 Å². The van der Waals surface area contributed by atoms with Gasteiger partial charge in [-0.25, -0.2) is 0 Å². The maximum absolute atomic E-state index is 6.83. The van der Waals surface area contributed by atoms with Crippen molar-refractivity contribution in [3.05, 3.63) is 59.9 Å². The Morgan fingerprint density at radius 1 is 0.605 bits per heavy atom. The Labute approximate surface area is 259 Å². The average Bonchev–Trinajstić information content (AvgIpc) is 3.36. The van der Waals surface area contributed by atoms with Crippen molar-refractivity contribution in [2.75, 3.05) is 0 Å². The Kier molecular flexibility index (Phi) is 8.01. The van der Waals surface area contributed by atoms with Crippen LogP contribution >= 0.6 is 0 Å². The number of aromatic nitrogens is 1. The molecule has 3 aliphatic heterocycles. The third kappa shape index (κ3) is 5.70. The minimum Gasteiger partial charge on any atom is -0.489 e. The van der Waals surface area contributed by atoms with Gasteiger partial charge in [-0.2, -0.15) is 0 Å². The van der Waals surface area contributed by atoms with Gasteiger partial charge >= 0.3 is 21.4 Å². The van der Waals surface area contributed by atoms with Crippen LogP contribution in [-0.4, -0.2) is 59.9 Å². The molecule has 0 spiro atoms. The van der Waals surface area contributed by atoms with Crippen molar-refractivity contribution in [1.82, 2.24) is 4.98 Å². The Hall–Kier alpha value is -1.88. The highest BCUT2D eigenvalue weighted by molar-refractivity contribution is 6.89. The van der Waals surface area contributed by atoms with Crippen molar-refractivity contribution in [2.45, 2.75) is 135 Å². The van der Waals surface area contributed by atoms with Crippen LogP contribution < -0.4 is 4.74 Å². The van der Waals surface area contributed by atoms with Gasteiger partial charge in [0.25, 0.3) is 0 Å². The summed E-state index contributed by atoms with van der Waals surface area (Å²) in [5.74, 6) is 0.708. The predicted octanol–water partition coefficient (Wildman–Crippen LogP) is 6.30. The highest BCUT2D eigenvalue weighted by Gasteiger charge is 2.77. The molecule has 0 unspecified atom stereocenters. The molecule has 0 amide bonds. The number of nitrogens with zero attached hydrogens (tertiary/aromatic N) is 1. The molecule has 0 radical (unpaired) electrons. The Bertz CT molecular complexity index is 1180. The molecular weight excluding hydrogens is 543 g/mol. The smallest absolute Gasteiger partial charge is 0.460 e. The van der Waals surface area contributed by atoms with E-state index < -0.39 is 60.1 Å². The van der Waals surface area contributed by atoms with E-state index in [1.165, 1.54) is 0 Å². The van der Waals surface area contributed by atoms with Crippen LogP contribution in [0.2, 0.25) is 5.11 Å². The predicted molar refractivity (Wildman–Crippen MR) is 170 cm³/mol. The van der Waals surface area contributed by atoms with Crippen LogP contribution in [0.4, 0.5) is 0 Å². The zero-order chi connectivity index (χ0) is 31.7. The van der Waals surface area contributed by atoms with E-state index in [1.54, 1.807) is 6.20 Å². The Morgan fingerprint density at radius 3 is 1.40 bits per heavy atom. The van der Waals surface area contributed by atoms with E-state index in [0.29, 0.717) is 18.8 Å². The molecule has 5 rings (SSSR count). The van der Waals surface area contributed by atoms with Gasteiger partial charge in [0.2, 0.25) is 0 Å². The topological polar surface area (TPSA) is 77.5 Å². The molecule has 43 heavy (non-hydrogen) atoms. The summed E-state index contributed by atoms with van der Waals surface area (Å²) in [5.41, 5.74) is -1.89. The van der Waals surface area contributed by atoms with Crippen LogP contribution in [0.5, 0.6) is 5.75 Å². The standard InChI is InChI=1S/C32H48B3NO7/c1-26(2)27(3,4)39-33(38-26)32(34-40-28(5,6)29(7,8)41-34,35-42-30(9,10)31(11,12)43-35)21-24-20-25(18-19-36-24)37-22-23-16-14-13-15-17-23/h13-20H,21-22H2,1-12H3. The van der Waals surface area contributed by atoms with Gasteiger partial charge in [0.15, 0.2) is 0 Å². The lowest BCUT2D eigenvalue weighted by Gasteiger charge is -2.38. The van der Waals surface area contributed by atoms with Crippen molar-refractivity contribution in [2.24, 2.45) is 0 Å². The number of hydrogen-bond donors (Lipinski definition) is 0. The molecule has 4 heterocycles. The average molecular weight is 591 g/mol. The molecular formula is C32H48B3NO7. The SMILES string of the molecule is CC1(C)OB(C(Cc2cc(OCc3ccccc3)ccn2)(B2OC(C)(C)C(C)(C)O2)B2OC(C)(C)C(C)(C)O2)OC1(C)C. The minimum absolute atomic E-state index is 0.319. The summed E-state index contributed by atoms with van der Waals surface area (Å²) in [4.78, 5) is 4.80. The highest BCUT2D eigenvalue weighted by atomic mass is 16.7. The van der Waals surface area contributed by atoms with Crippen molar-refractivity contribution in [1.29, 1.82) is 0 Å². The Balaban J connectivity index is 1.61. The lowest BCUT2D eigenvalue weighted by atomic mass is 9.23. The van der Waals surface area contributed by atoms with Crippen molar-refractivity contribution >= 4 is 21.4 Å². The first-order chi connectivity index (χ1) is 19.7. The largest absolute Gasteiger partial charge is 0.489 e. The monoisotopic (exact) mass is 591 g/mol. The third-order valence-corrected chi connectivity index (χ3v) is 10.6. The summed E-state index contributed by atoms with van der Waals surface area (Å²) in [6.07, 6.45) is 2.08. The van der Waals surface area contributed by atoms with Gasteiger partial charge in [0.05, 0.1) is 38.7 Å². The summed E-state index contributed by atoms with van der Waals surface area (Å²) in [5, 5.41) is -1.12. The van der Waals surface area contributed by atoms with Crippen LogP contribution in [0, 0.1) is 0 Å².